The maximum Gasteiger partial charge on any atom is 0.329 e. The SMILES string of the molecule is O=C(CC1SC(=O)NC1=O)NC1(C(=O)O)CCCCC1. The van der Waals surface area contributed by atoms with E-state index in [0.717, 1.165) is 31.0 Å². The van der Waals surface area contributed by atoms with Crippen LogP contribution in [0.1, 0.15) is 38.5 Å². The Morgan fingerprint density at radius 1 is 1.30 bits per heavy atom. The molecule has 2 rings (SSSR count). The van der Waals surface area contributed by atoms with E-state index < -0.39 is 33.8 Å². The van der Waals surface area contributed by atoms with Crippen LogP contribution in [0.3, 0.4) is 0 Å². The zero-order chi connectivity index (χ0) is 14.8. The fourth-order valence-electron chi connectivity index (χ4n) is 2.56. The molecule has 0 aromatic heterocycles. The summed E-state index contributed by atoms with van der Waals surface area (Å²) in [6, 6.07) is 0. The van der Waals surface area contributed by atoms with Crippen LogP contribution in [0.2, 0.25) is 0 Å². The van der Waals surface area contributed by atoms with Crippen molar-refractivity contribution in [2.75, 3.05) is 0 Å². The number of amides is 3. The molecule has 1 atom stereocenters. The number of nitrogens with one attached hydrogen (secondary N) is 2. The van der Waals surface area contributed by atoms with Crippen LogP contribution in [0.25, 0.3) is 0 Å². The summed E-state index contributed by atoms with van der Waals surface area (Å²) in [5, 5.41) is 12.7. The number of aliphatic carboxylic acids is 1. The van der Waals surface area contributed by atoms with Crippen LogP contribution in [0.4, 0.5) is 4.79 Å². The Kier molecular flexibility index (Phi) is 4.32. The molecule has 1 heterocycles. The molecular formula is C12H16N2O5S. The van der Waals surface area contributed by atoms with Crippen molar-refractivity contribution in [2.45, 2.75) is 49.3 Å². The van der Waals surface area contributed by atoms with Crippen molar-refractivity contribution in [3.8, 4) is 0 Å². The van der Waals surface area contributed by atoms with Gasteiger partial charge in [-0.2, -0.15) is 0 Å². The number of carbonyl (C=O) groups is 4. The zero-order valence-corrected chi connectivity index (χ0v) is 11.6. The minimum atomic E-state index is -1.22. The summed E-state index contributed by atoms with van der Waals surface area (Å²) in [4.78, 5) is 45.8. The predicted molar refractivity (Wildman–Crippen MR) is 71.1 cm³/mol. The van der Waals surface area contributed by atoms with Crippen molar-refractivity contribution in [1.29, 1.82) is 0 Å². The first-order valence-electron chi connectivity index (χ1n) is 6.49. The van der Waals surface area contributed by atoms with Gasteiger partial charge in [0.1, 0.15) is 10.8 Å². The molecule has 2 aliphatic rings. The minimum Gasteiger partial charge on any atom is -0.480 e. The third-order valence-corrected chi connectivity index (χ3v) is 4.61. The molecule has 7 nitrogen and oxygen atoms in total. The average molecular weight is 300 g/mol. The average Bonchev–Trinajstić information content (AvgIpc) is 2.68. The van der Waals surface area contributed by atoms with Gasteiger partial charge in [0.15, 0.2) is 0 Å². The summed E-state index contributed by atoms with van der Waals surface area (Å²) >= 11 is 0.763. The van der Waals surface area contributed by atoms with E-state index >= 15 is 0 Å². The molecule has 3 N–H and O–H groups in total. The summed E-state index contributed by atoms with van der Waals surface area (Å²) in [6.45, 7) is 0. The van der Waals surface area contributed by atoms with Crippen molar-refractivity contribution in [1.82, 2.24) is 10.6 Å². The largest absolute Gasteiger partial charge is 0.480 e. The highest BCUT2D eigenvalue weighted by atomic mass is 32.2. The zero-order valence-electron chi connectivity index (χ0n) is 10.8. The Bertz CT molecular complexity index is 459. The molecule has 0 radical (unpaired) electrons. The molecule has 0 spiro atoms. The lowest BCUT2D eigenvalue weighted by atomic mass is 9.81. The lowest BCUT2D eigenvalue weighted by molar-refractivity contribution is -0.149. The van der Waals surface area contributed by atoms with E-state index in [4.69, 9.17) is 0 Å². The summed E-state index contributed by atoms with van der Waals surface area (Å²) in [6.07, 6.45) is 3.08. The van der Waals surface area contributed by atoms with Gasteiger partial charge in [0.2, 0.25) is 11.8 Å². The van der Waals surface area contributed by atoms with E-state index in [2.05, 4.69) is 10.6 Å². The lowest BCUT2D eigenvalue weighted by Crippen LogP contribution is -2.56. The van der Waals surface area contributed by atoms with Crippen LogP contribution < -0.4 is 10.6 Å². The van der Waals surface area contributed by atoms with Gasteiger partial charge in [-0.05, 0) is 12.8 Å². The molecular weight excluding hydrogens is 284 g/mol. The van der Waals surface area contributed by atoms with Gasteiger partial charge in [-0.25, -0.2) is 4.79 Å². The maximum absolute atomic E-state index is 12.0. The van der Waals surface area contributed by atoms with E-state index in [0.29, 0.717) is 12.8 Å². The normalized spacial score (nSPS) is 25.1. The highest BCUT2D eigenvalue weighted by Gasteiger charge is 2.42. The molecule has 1 aliphatic heterocycles. The number of carbonyl (C=O) groups excluding carboxylic acids is 3. The smallest absolute Gasteiger partial charge is 0.329 e. The van der Waals surface area contributed by atoms with Crippen molar-refractivity contribution >= 4 is 34.8 Å². The minimum absolute atomic E-state index is 0.183. The number of thioether (sulfide) groups is 1. The molecule has 1 saturated carbocycles. The van der Waals surface area contributed by atoms with Gasteiger partial charge in [0.25, 0.3) is 5.24 Å². The van der Waals surface area contributed by atoms with E-state index in [-0.39, 0.29) is 6.42 Å². The fourth-order valence-corrected chi connectivity index (χ4v) is 3.38. The molecule has 20 heavy (non-hydrogen) atoms. The fraction of sp³-hybridized carbons (Fsp3) is 0.667. The first-order valence-corrected chi connectivity index (χ1v) is 7.37. The topological polar surface area (TPSA) is 113 Å². The monoisotopic (exact) mass is 300 g/mol. The van der Waals surface area contributed by atoms with Crippen LogP contribution >= 0.6 is 11.8 Å². The van der Waals surface area contributed by atoms with Crippen molar-refractivity contribution in [3.05, 3.63) is 0 Å². The lowest BCUT2D eigenvalue weighted by Gasteiger charge is -2.34. The van der Waals surface area contributed by atoms with Gasteiger partial charge >= 0.3 is 5.97 Å². The van der Waals surface area contributed by atoms with Gasteiger partial charge < -0.3 is 10.4 Å². The molecule has 0 aromatic carbocycles. The second-order valence-electron chi connectivity index (χ2n) is 5.08. The first-order chi connectivity index (χ1) is 9.43. The van der Waals surface area contributed by atoms with E-state index in [1.807, 2.05) is 0 Å². The molecule has 1 aliphatic carbocycles. The second kappa shape index (κ2) is 5.82. The molecule has 0 bridgehead atoms. The van der Waals surface area contributed by atoms with Crippen molar-refractivity contribution in [2.24, 2.45) is 0 Å². The van der Waals surface area contributed by atoms with Crippen LogP contribution in [-0.2, 0) is 14.4 Å². The van der Waals surface area contributed by atoms with Crippen LogP contribution in [-0.4, -0.2) is 38.9 Å². The van der Waals surface area contributed by atoms with Crippen LogP contribution in [0, 0.1) is 0 Å². The van der Waals surface area contributed by atoms with Crippen molar-refractivity contribution < 1.29 is 24.3 Å². The Labute approximate surface area is 119 Å². The number of rotatable bonds is 4. The number of hydrogen-bond donors (Lipinski definition) is 3. The van der Waals surface area contributed by atoms with E-state index in [1.54, 1.807) is 0 Å². The summed E-state index contributed by atoms with van der Waals surface area (Å²) in [7, 11) is 0. The Morgan fingerprint density at radius 3 is 2.45 bits per heavy atom. The Balaban J connectivity index is 1.97. The summed E-state index contributed by atoms with van der Waals surface area (Å²) < 4.78 is 0. The highest BCUT2D eigenvalue weighted by Crippen LogP contribution is 2.29. The van der Waals surface area contributed by atoms with E-state index in [9.17, 15) is 24.3 Å². The number of carboxylic acid groups (broad SMARTS) is 1. The summed E-state index contributed by atoms with van der Waals surface area (Å²) in [5.74, 6) is -2.04. The third kappa shape index (κ3) is 3.12. The summed E-state index contributed by atoms with van der Waals surface area (Å²) in [5.41, 5.74) is -1.22. The van der Waals surface area contributed by atoms with Gasteiger partial charge in [0, 0.05) is 6.42 Å². The first kappa shape index (κ1) is 14.8. The second-order valence-corrected chi connectivity index (χ2v) is 6.26. The van der Waals surface area contributed by atoms with Gasteiger partial charge in [-0.15, -0.1) is 0 Å². The predicted octanol–water partition coefficient (Wildman–Crippen LogP) is 0.632. The molecule has 2 fully saturated rings. The Morgan fingerprint density at radius 2 is 1.95 bits per heavy atom. The van der Waals surface area contributed by atoms with Crippen molar-refractivity contribution in [3.63, 3.8) is 0 Å². The standard InChI is InChI=1S/C12H16N2O5S/c15-8(6-7-9(16)13-11(19)20-7)14-12(10(17)18)4-2-1-3-5-12/h7H,1-6H2,(H,14,15)(H,17,18)(H,13,16,19). The van der Waals surface area contributed by atoms with Crippen LogP contribution in [0.15, 0.2) is 0 Å². The molecule has 1 saturated heterocycles. The molecule has 0 aromatic rings. The van der Waals surface area contributed by atoms with Gasteiger partial charge in [0.05, 0.1) is 0 Å². The van der Waals surface area contributed by atoms with Gasteiger partial charge in [-0.3, -0.25) is 19.7 Å². The molecule has 3 amide bonds. The number of hydrogen-bond acceptors (Lipinski definition) is 5. The molecule has 110 valence electrons. The van der Waals surface area contributed by atoms with E-state index in [1.165, 1.54) is 0 Å². The number of carboxylic acids is 1. The van der Waals surface area contributed by atoms with Crippen LogP contribution in [0.5, 0.6) is 0 Å². The maximum atomic E-state index is 12.0. The Hall–Kier alpha value is -1.57. The quantitative estimate of drug-likeness (QED) is 0.702. The number of imide groups is 1. The van der Waals surface area contributed by atoms with Gasteiger partial charge in [-0.1, -0.05) is 31.0 Å². The highest BCUT2D eigenvalue weighted by molar-refractivity contribution is 8.15. The molecule has 8 heteroatoms. The molecule has 1 unspecified atom stereocenters. The third-order valence-electron chi connectivity index (χ3n) is 3.63.